The Morgan fingerprint density at radius 3 is 1.83 bits per heavy atom. The zero-order chi connectivity index (χ0) is 27.2. The van der Waals surface area contributed by atoms with E-state index in [4.69, 9.17) is 15.0 Å². The third-order valence-corrected chi connectivity index (χ3v) is 8.67. The molecule has 0 unspecified atom stereocenters. The van der Waals surface area contributed by atoms with E-state index in [9.17, 15) is 0 Å². The molecule has 0 bridgehead atoms. The maximum Gasteiger partial charge on any atom is 0.164 e. The van der Waals surface area contributed by atoms with Crippen LogP contribution in [0.5, 0.6) is 0 Å². The van der Waals surface area contributed by atoms with Gasteiger partial charge in [-0.15, -0.1) is 11.3 Å². The molecular formula is C37H23N3S. The van der Waals surface area contributed by atoms with E-state index in [0.29, 0.717) is 17.5 Å². The van der Waals surface area contributed by atoms with Gasteiger partial charge in [-0.25, -0.2) is 15.0 Å². The fraction of sp³-hybridized carbons (Fsp3) is 0. The molecule has 192 valence electrons. The summed E-state index contributed by atoms with van der Waals surface area (Å²) in [4.78, 5) is 15.1. The van der Waals surface area contributed by atoms with Crippen LogP contribution in [-0.4, -0.2) is 15.0 Å². The predicted octanol–water partition coefficient (Wildman–Crippen LogP) is 10.1. The molecule has 0 N–H and O–H groups in total. The van der Waals surface area contributed by atoms with Gasteiger partial charge < -0.3 is 0 Å². The molecule has 0 fully saturated rings. The van der Waals surface area contributed by atoms with Crippen LogP contribution in [0.25, 0.3) is 76.2 Å². The second-order valence-corrected chi connectivity index (χ2v) is 11.1. The molecule has 0 aliphatic rings. The van der Waals surface area contributed by atoms with Gasteiger partial charge in [-0.05, 0) is 40.1 Å². The molecule has 41 heavy (non-hydrogen) atoms. The highest BCUT2D eigenvalue weighted by Crippen LogP contribution is 2.39. The SMILES string of the molecule is c1ccc(-c2nc(-c3ccc4c(ccc5sc6ccccc6c54)c3)nc(-c3ccccc3-c3ccccc3)n2)cc1. The van der Waals surface area contributed by atoms with Gasteiger partial charge in [0, 0.05) is 36.9 Å². The van der Waals surface area contributed by atoms with Gasteiger partial charge in [0.15, 0.2) is 17.5 Å². The Balaban J connectivity index is 1.34. The second kappa shape index (κ2) is 9.77. The lowest BCUT2D eigenvalue weighted by atomic mass is 9.99. The first-order chi connectivity index (χ1) is 20.3. The normalized spacial score (nSPS) is 11.4. The Morgan fingerprint density at radius 2 is 1.02 bits per heavy atom. The van der Waals surface area contributed by atoms with E-state index in [1.165, 1.54) is 30.9 Å². The molecule has 0 aliphatic carbocycles. The van der Waals surface area contributed by atoms with Gasteiger partial charge in [-0.2, -0.15) is 0 Å². The maximum atomic E-state index is 5.07. The molecule has 2 aromatic heterocycles. The topological polar surface area (TPSA) is 38.7 Å². The number of hydrogen-bond acceptors (Lipinski definition) is 4. The van der Waals surface area contributed by atoms with Crippen molar-refractivity contribution in [3.63, 3.8) is 0 Å². The first kappa shape index (κ1) is 23.7. The first-order valence-electron chi connectivity index (χ1n) is 13.6. The summed E-state index contributed by atoms with van der Waals surface area (Å²) in [6, 6.07) is 48.5. The average molecular weight is 542 g/mol. The van der Waals surface area contributed by atoms with E-state index >= 15 is 0 Å². The number of aromatic nitrogens is 3. The molecule has 0 amide bonds. The average Bonchev–Trinajstić information content (AvgIpc) is 3.44. The van der Waals surface area contributed by atoms with Crippen LogP contribution >= 0.6 is 11.3 Å². The van der Waals surface area contributed by atoms with Crippen molar-refractivity contribution in [2.45, 2.75) is 0 Å². The van der Waals surface area contributed by atoms with E-state index in [0.717, 1.165) is 27.8 Å². The standard InChI is InChI=1S/C37H23N3S/c1-3-11-24(12-4-1)28-15-7-8-16-30(28)37-39-35(25-13-5-2-6-14-25)38-36(40-37)27-19-21-29-26(23-27)20-22-33-34(29)31-17-9-10-18-32(31)41-33/h1-23H. The summed E-state index contributed by atoms with van der Waals surface area (Å²) in [6.45, 7) is 0. The highest BCUT2D eigenvalue weighted by molar-refractivity contribution is 7.26. The minimum atomic E-state index is 0.660. The Labute approximate surface area is 241 Å². The van der Waals surface area contributed by atoms with Crippen LogP contribution < -0.4 is 0 Å². The quantitative estimate of drug-likeness (QED) is 0.222. The first-order valence-corrected chi connectivity index (χ1v) is 14.4. The van der Waals surface area contributed by atoms with Gasteiger partial charge in [-0.3, -0.25) is 0 Å². The van der Waals surface area contributed by atoms with Crippen molar-refractivity contribution in [3.8, 4) is 45.3 Å². The van der Waals surface area contributed by atoms with Gasteiger partial charge in [0.1, 0.15) is 0 Å². The van der Waals surface area contributed by atoms with Crippen LogP contribution in [0, 0.1) is 0 Å². The van der Waals surface area contributed by atoms with E-state index < -0.39 is 0 Å². The van der Waals surface area contributed by atoms with Crippen LogP contribution in [0.15, 0.2) is 140 Å². The van der Waals surface area contributed by atoms with Crippen molar-refractivity contribution in [1.29, 1.82) is 0 Å². The highest BCUT2D eigenvalue weighted by atomic mass is 32.1. The van der Waals surface area contributed by atoms with Crippen molar-refractivity contribution >= 4 is 42.3 Å². The van der Waals surface area contributed by atoms with E-state index in [1.54, 1.807) is 0 Å². The van der Waals surface area contributed by atoms with Crippen LogP contribution in [-0.2, 0) is 0 Å². The maximum absolute atomic E-state index is 5.07. The summed E-state index contributed by atoms with van der Waals surface area (Å²) in [5, 5.41) is 5.03. The molecule has 3 nitrogen and oxygen atoms in total. The third-order valence-electron chi connectivity index (χ3n) is 7.54. The molecule has 8 rings (SSSR count). The minimum absolute atomic E-state index is 0.660. The summed E-state index contributed by atoms with van der Waals surface area (Å²) >= 11 is 1.84. The lowest BCUT2D eigenvalue weighted by molar-refractivity contribution is 1.07. The van der Waals surface area contributed by atoms with Crippen molar-refractivity contribution in [1.82, 2.24) is 15.0 Å². The number of benzene rings is 6. The van der Waals surface area contributed by atoms with Crippen molar-refractivity contribution in [3.05, 3.63) is 140 Å². The van der Waals surface area contributed by atoms with Crippen LogP contribution in [0.3, 0.4) is 0 Å². The number of hydrogen-bond donors (Lipinski definition) is 0. The Kier molecular flexibility index (Phi) is 5.64. The summed E-state index contributed by atoms with van der Waals surface area (Å²) in [7, 11) is 0. The number of rotatable bonds is 4. The van der Waals surface area contributed by atoms with Gasteiger partial charge in [0.05, 0.1) is 0 Å². The fourth-order valence-corrected chi connectivity index (χ4v) is 6.70. The summed E-state index contributed by atoms with van der Waals surface area (Å²) < 4.78 is 2.61. The molecule has 0 aliphatic heterocycles. The third kappa shape index (κ3) is 4.17. The molecule has 0 radical (unpaired) electrons. The van der Waals surface area contributed by atoms with Gasteiger partial charge >= 0.3 is 0 Å². The zero-order valence-electron chi connectivity index (χ0n) is 22.0. The molecule has 0 spiro atoms. The molecular weight excluding hydrogens is 518 g/mol. The zero-order valence-corrected chi connectivity index (χ0v) is 22.8. The largest absolute Gasteiger partial charge is 0.208 e. The summed E-state index contributed by atoms with van der Waals surface area (Å²) in [5.74, 6) is 1.98. The lowest BCUT2D eigenvalue weighted by Gasteiger charge is -2.12. The number of nitrogens with zero attached hydrogens (tertiary/aromatic N) is 3. The molecule has 4 heteroatoms. The van der Waals surface area contributed by atoms with E-state index in [1.807, 2.05) is 53.8 Å². The molecule has 2 heterocycles. The summed E-state index contributed by atoms with van der Waals surface area (Å²) in [6.07, 6.45) is 0. The Hall–Kier alpha value is -5.19. The lowest BCUT2D eigenvalue weighted by Crippen LogP contribution is -2.01. The minimum Gasteiger partial charge on any atom is -0.208 e. The molecule has 0 saturated carbocycles. The van der Waals surface area contributed by atoms with Gasteiger partial charge in [0.25, 0.3) is 0 Å². The van der Waals surface area contributed by atoms with Gasteiger partial charge in [-0.1, -0.05) is 121 Å². The fourth-order valence-electron chi connectivity index (χ4n) is 5.58. The highest BCUT2D eigenvalue weighted by Gasteiger charge is 2.16. The number of thiophene rings is 1. The molecule has 6 aromatic carbocycles. The van der Waals surface area contributed by atoms with Crippen LogP contribution in [0.2, 0.25) is 0 Å². The molecule has 8 aromatic rings. The van der Waals surface area contributed by atoms with Crippen molar-refractivity contribution < 1.29 is 0 Å². The van der Waals surface area contributed by atoms with Gasteiger partial charge in [0.2, 0.25) is 0 Å². The second-order valence-electron chi connectivity index (χ2n) is 10.1. The van der Waals surface area contributed by atoms with Crippen molar-refractivity contribution in [2.24, 2.45) is 0 Å². The van der Waals surface area contributed by atoms with E-state index in [-0.39, 0.29) is 0 Å². The molecule has 0 saturated heterocycles. The Morgan fingerprint density at radius 1 is 0.390 bits per heavy atom. The smallest absolute Gasteiger partial charge is 0.164 e. The summed E-state index contributed by atoms with van der Waals surface area (Å²) in [5.41, 5.74) is 5.13. The monoisotopic (exact) mass is 541 g/mol. The Bertz CT molecular complexity index is 2200. The van der Waals surface area contributed by atoms with Crippen molar-refractivity contribution in [2.75, 3.05) is 0 Å². The predicted molar refractivity (Wildman–Crippen MR) is 172 cm³/mol. The van der Waals surface area contributed by atoms with E-state index in [2.05, 4.69) is 97.1 Å². The molecule has 0 atom stereocenters. The van der Waals surface area contributed by atoms with Crippen LogP contribution in [0.1, 0.15) is 0 Å². The van der Waals surface area contributed by atoms with Crippen LogP contribution in [0.4, 0.5) is 0 Å². The number of fused-ring (bicyclic) bond motifs is 5.